The van der Waals surface area contributed by atoms with E-state index in [0.717, 1.165) is 25.5 Å². The van der Waals surface area contributed by atoms with Crippen LogP contribution in [-0.2, 0) is 16.0 Å². The van der Waals surface area contributed by atoms with Gasteiger partial charge in [0.05, 0.1) is 0 Å². The second kappa shape index (κ2) is 8.70. The minimum Gasteiger partial charge on any atom is -0.361 e. The number of aryl methyl sites for hydroxylation is 1. The van der Waals surface area contributed by atoms with E-state index in [1.54, 1.807) is 0 Å². The fourth-order valence-corrected chi connectivity index (χ4v) is 1.32. The van der Waals surface area contributed by atoms with Gasteiger partial charge in [-0.3, -0.25) is 0 Å². The zero-order valence-corrected chi connectivity index (χ0v) is 9.32. The number of ether oxygens (including phenoxy) is 1. The Hall–Kier alpha value is -1.59. The van der Waals surface area contributed by atoms with E-state index in [2.05, 4.69) is 24.0 Å². The first-order chi connectivity index (χ1) is 7.93. The van der Waals surface area contributed by atoms with Gasteiger partial charge in [-0.2, -0.15) is 0 Å². The lowest BCUT2D eigenvalue weighted by Crippen LogP contribution is -1.94. The van der Waals surface area contributed by atoms with Crippen LogP contribution in [0.5, 0.6) is 0 Å². The zero-order valence-electron chi connectivity index (χ0n) is 9.32. The Morgan fingerprint density at radius 1 is 1.19 bits per heavy atom. The van der Waals surface area contributed by atoms with Crippen molar-refractivity contribution in [1.82, 2.24) is 0 Å². The normalized spacial score (nSPS) is 9.25. The van der Waals surface area contributed by atoms with Gasteiger partial charge in [-0.15, -0.1) is 5.92 Å². The zero-order chi connectivity index (χ0) is 11.5. The summed E-state index contributed by atoms with van der Waals surface area (Å²) in [5, 5.41) is 0. The smallest absolute Gasteiger partial charge is 0.145 e. The van der Waals surface area contributed by atoms with E-state index in [9.17, 15) is 4.79 Å². The highest BCUT2D eigenvalue weighted by Gasteiger charge is 1.89. The topological polar surface area (TPSA) is 26.3 Å². The average Bonchev–Trinajstić information content (AvgIpc) is 2.34. The lowest BCUT2D eigenvalue weighted by molar-refractivity contribution is -0.111. The molecule has 0 aliphatic carbocycles. The predicted molar refractivity (Wildman–Crippen MR) is 64.0 cm³/mol. The fraction of sp³-hybridized carbons (Fsp3) is 0.357. The Balaban J connectivity index is 2.05. The molecule has 0 saturated carbocycles. The van der Waals surface area contributed by atoms with Crippen LogP contribution in [0.15, 0.2) is 30.3 Å². The molecule has 0 radical (unpaired) electrons. The second-order valence-electron chi connectivity index (χ2n) is 3.37. The van der Waals surface area contributed by atoms with Gasteiger partial charge in [0.2, 0.25) is 0 Å². The van der Waals surface area contributed by atoms with Gasteiger partial charge < -0.3 is 9.53 Å². The van der Waals surface area contributed by atoms with Gasteiger partial charge in [0.1, 0.15) is 19.5 Å². The fourth-order valence-electron chi connectivity index (χ4n) is 1.32. The van der Waals surface area contributed by atoms with Crippen molar-refractivity contribution in [2.45, 2.75) is 19.3 Å². The summed E-state index contributed by atoms with van der Waals surface area (Å²) < 4.78 is 4.91. The second-order valence-corrected chi connectivity index (χ2v) is 3.37. The number of aldehydes is 1. The molecular weight excluding hydrogens is 200 g/mol. The summed E-state index contributed by atoms with van der Waals surface area (Å²) in [5.74, 6) is 5.90. The van der Waals surface area contributed by atoms with E-state index >= 15 is 0 Å². The van der Waals surface area contributed by atoms with Crippen molar-refractivity contribution < 1.29 is 9.53 Å². The highest BCUT2D eigenvalue weighted by molar-refractivity contribution is 5.50. The van der Waals surface area contributed by atoms with E-state index in [1.165, 1.54) is 5.56 Å². The Kier molecular flexibility index (Phi) is 6.78. The van der Waals surface area contributed by atoms with Crippen LogP contribution in [0.2, 0.25) is 0 Å². The van der Waals surface area contributed by atoms with Gasteiger partial charge in [0.15, 0.2) is 0 Å². The first-order valence-electron chi connectivity index (χ1n) is 5.44. The Labute approximate surface area is 96.6 Å². The van der Waals surface area contributed by atoms with E-state index in [0.29, 0.717) is 6.61 Å². The first-order valence-corrected chi connectivity index (χ1v) is 5.44. The third-order valence-corrected chi connectivity index (χ3v) is 2.10. The molecule has 0 aliphatic heterocycles. The summed E-state index contributed by atoms with van der Waals surface area (Å²) in [6.07, 6.45) is 3.73. The van der Waals surface area contributed by atoms with E-state index < -0.39 is 0 Å². The van der Waals surface area contributed by atoms with Crippen LogP contribution >= 0.6 is 0 Å². The summed E-state index contributed by atoms with van der Waals surface area (Å²) >= 11 is 0. The largest absolute Gasteiger partial charge is 0.361 e. The van der Waals surface area contributed by atoms with Crippen molar-refractivity contribution in [1.29, 1.82) is 0 Å². The third kappa shape index (κ3) is 6.00. The van der Waals surface area contributed by atoms with Gasteiger partial charge >= 0.3 is 0 Å². The van der Waals surface area contributed by atoms with Gasteiger partial charge in [0, 0.05) is 6.42 Å². The molecule has 0 aliphatic rings. The van der Waals surface area contributed by atoms with Gasteiger partial charge in [-0.1, -0.05) is 36.3 Å². The maximum Gasteiger partial charge on any atom is 0.145 e. The van der Waals surface area contributed by atoms with Gasteiger partial charge in [0.25, 0.3) is 0 Å². The van der Waals surface area contributed by atoms with Gasteiger partial charge in [-0.25, -0.2) is 0 Å². The molecule has 0 saturated heterocycles. The number of benzene rings is 1. The number of rotatable bonds is 6. The van der Waals surface area contributed by atoms with Gasteiger partial charge in [-0.05, 0) is 18.4 Å². The number of hydrogen-bond donors (Lipinski definition) is 0. The summed E-state index contributed by atoms with van der Waals surface area (Å²) in [6.45, 7) is 0.489. The van der Waals surface area contributed by atoms with E-state index in [4.69, 9.17) is 4.74 Å². The quantitative estimate of drug-likeness (QED) is 0.414. The summed E-state index contributed by atoms with van der Waals surface area (Å²) in [6, 6.07) is 10.4. The molecule has 0 heterocycles. The summed E-state index contributed by atoms with van der Waals surface area (Å²) in [4.78, 5) is 9.92. The molecule has 0 fully saturated rings. The van der Waals surface area contributed by atoms with Crippen LogP contribution in [0.1, 0.15) is 18.4 Å². The van der Waals surface area contributed by atoms with Crippen molar-refractivity contribution in [2.24, 2.45) is 0 Å². The molecule has 0 spiro atoms. The van der Waals surface area contributed by atoms with Crippen molar-refractivity contribution in [2.75, 3.05) is 13.2 Å². The molecule has 0 unspecified atom stereocenters. The molecule has 0 bridgehead atoms. The van der Waals surface area contributed by atoms with Crippen LogP contribution < -0.4 is 0 Å². The Morgan fingerprint density at radius 2 is 2.00 bits per heavy atom. The molecule has 1 aromatic carbocycles. The molecule has 2 nitrogen and oxygen atoms in total. The number of unbranched alkanes of at least 4 members (excludes halogenated alkanes) is 1. The van der Waals surface area contributed by atoms with Crippen LogP contribution in [0.4, 0.5) is 0 Å². The standard InChI is InChI=1S/C14H16O2/c15-11-13-16-12-7-2-1-4-8-14-9-5-3-6-10-14/h3,5-6,9-11H,1,4,8,12-13H2. The van der Waals surface area contributed by atoms with Crippen LogP contribution in [0.3, 0.4) is 0 Å². The van der Waals surface area contributed by atoms with Crippen molar-refractivity contribution in [3.63, 3.8) is 0 Å². The summed E-state index contributed by atoms with van der Waals surface area (Å²) in [5.41, 5.74) is 1.35. The van der Waals surface area contributed by atoms with Crippen molar-refractivity contribution in [3.8, 4) is 11.8 Å². The molecule has 0 N–H and O–H groups in total. The van der Waals surface area contributed by atoms with Crippen molar-refractivity contribution >= 4 is 6.29 Å². The van der Waals surface area contributed by atoms with E-state index in [-0.39, 0.29) is 6.61 Å². The molecule has 0 aromatic heterocycles. The van der Waals surface area contributed by atoms with Crippen LogP contribution in [-0.4, -0.2) is 19.5 Å². The van der Waals surface area contributed by atoms with Crippen LogP contribution in [0.25, 0.3) is 0 Å². The molecule has 1 aromatic rings. The molecule has 0 atom stereocenters. The van der Waals surface area contributed by atoms with E-state index in [1.807, 2.05) is 18.2 Å². The predicted octanol–water partition coefficient (Wildman–Crippen LogP) is 2.23. The van der Waals surface area contributed by atoms with Crippen molar-refractivity contribution in [3.05, 3.63) is 35.9 Å². The number of hydrogen-bond acceptors (Lipinski definition) is 2. The maximum absolute atomic E-state index is 9.92. The molecule has 1 rings (SSSR count). The SMILES string of the molecule is O=CCOCC#CCCCc1ccccc1. The molecule has 84 valence electrons. The molecule has 16 heavy (non-hydrogen) atoms. The highest BCUT2D eigenvalue weighted by atomic mass is 16.5. The first kappa shape index (κ1) is 12.5. The lowest BCUT2D eigenvalue weighted by Gasteiger charge is -1.96. The third-order valence-electron chi connectivity index (χ3n) is 2.10. The monoisotopic (exact) mass is 216 g/mol. The molecular formula is C14H16O2. The maximum atomic E-state index is 9.92. The Morgan fingerprint density at radius 3 is 2.75 bits per heavy atom. The summed E-state index contributed by atoms with van der Waals surface area (Å²) in [7, 11) is 0. The number of carbonyl (C=O) groups excluding carboxylic acids is 1. The minimum atomic E-state index is 0.138. The number of carbonyl (C=O) groups is 1. The Bertz CT molecular complexity index is 346. The molecule has 0 amide bonds. The molecule has 2 heteroatoms. The average molecular weight is 216 g/mol. The van der Waals surface area contributed by atoms with Crippen LogP contribution in [0, 0.1) is 11.8 Å². The minimum absolute atomic E-state index is 0.138. The lowest BCUT2D eigenvalue weighted by atomic mass is 10.1. The highest BCUT2D eigenvalue weighted by Crippen LogP contribution is 2.03.